The van der Waals surface area contributed by atoms with Gasteiger partial charge >= 0.3 is 12.0 Å². The number of nitrogens with two attached hydrogens (primary N) is 1. The Bertz CT molecular complexity index is 254. The van der Waals surface area contributed by atoms with Gasteiger partial charge in [-0.2, -0.15) is 0 Å². The van der Waals surface area contributed by atoms with E-state index < -0.39 is 17.9 Å². The van der Waals surface area contributed by atoms with Crippen LogP contribution < -0.4 is 11.1 Å². The minimum atomic E-state index is -0.890. The van der Waals surface area contributed by atoms with E-state index in [2.05, 4.69) is 0 Å². The molecule has 0 fully saturated rings. The number of hydrogen-bond donors (Lipinski definition) is 3. The van der Waals surface area contributed by atoms with Gasteiger partial charge in [0.2, 0.25) is 5.91 Å². The number of carboxylic acids is 1. The first-order valence-corrected chi connectivity index (χ1v) is 4.41. The summed E-state index contributed by atoms with van der Waals surface area (Å²) in [5, 5.41) is 10.3. The van der Waals surface area contributed by atoms with E-state index in [0.29, 0.717) is 13.0 Å². The summed E-state index contributed by atoms with van der Waals surface area (Å²) in [6.07, 6.45) is 0.511. The molecular formula is C8H15N3O4. The van der Waals surface area contributed by atoms with Gasteiger partial charge in [0.05, 0.1) is 6.54 Å². The van der Waals surface area contributed by atoms with Crippen LogP contribution in [-0.2, 0) is 9.59 Å². The summed E-state index contributed by atoms with van der Waals surface area (Å²) in [6.45, 7) is 0.487. The lowest BCUT2D eigenvalue weighted by Gasteiger charge is -2.14. The summed E-state index contributed by atoms with van der Waals surface area (Å²) >= 11 is 0. The number of amides is 3. The molecule has 0 aliphatic rings. The van der Waals surface area contributed by atoms with E-state index in [-0.39, 0.29) is 13.0 Å². The standard InChI is InChI=1S/C8H15N3O4/c1-11(4-2-3-7(13)14)5-6(12)10-8(9)15/h2-5H2,1H3,(H,13,14)(H3,9,10,12,15). The Kier molecular flexibility index (Phi) is 6.03. The summed E-state index contributed by atoms with van der Waals surface area (Å²) in [5.41, 5.74) is 4.74. The number of primary amides is 1. The zero-order chi connectivity index (χ0) is 11.8. The molecule has 0 aliphatic heterocycles. The van der Waals surface area contributed by atoms with Crippen molar-refractivity contribution in [3.63, 3.8) is 0 Å². The number of rotatable bonds is 6. The third-order valence-corrected chi connectivity index (χ3v) is 1.61. The molecule has 0 aromatic carbocycles. The molecule has 0 radical (unpaired) electrons. The normalized spacial score (nSPS) is 10.0. The van der Waals surface area contributed by atoms with Crippen molar-refractivity contribution in [2.24, 2.45) is 5.73 Å². The number of likely N-dealkylation sites (N-methyl/N-ethyl adjacent to an activating group) is 1. The molecule has 7 heteroatoms. The lowest BCUT2D eigenvalue weighted by atomic mass is 10.3. The second kappa shape index (κ2) is 6.77. The molecule has 0 aromatic heterocycles. The SMILES string of the molecule is CN(CCCC(=O)O)CC(=O)NC(N)=O. The van der Waals surface area contributed by atoms with Gasteiger partial charge in [0.1, 0.15) is 0 Å². The number of nitrogens with zero attached hydrogens (tertiary/aromatic N) is 1. The van der Waals surface area contributed by atoms with E-state index in [1.54, 1.807) is 11.9 Å². The summed E-state index contributed by atoms with van der Waals surface area (Å²) in [6, 6.07) is -0.890. The van der Waals surface area contributed by atoms with E-state index in [4.69, 9.17) is 10.8 Å². The number of urea groups is 1. The smallest absolute Gasteiger partial charge is 0.318 e. The van der Waals surface area contributed by atoms with Crippen LogP contribution in [0.4, 0.5) is 4.79 Å². The molecule has 0 atom stereocenters. The highest BCUT2D eigenvalue weighted by Crippen LogP contribution is 1.92. The second-order valence-corrected chi connectivity index (χ2v) is 3.15. The molecule has 0 aromatic rings. The Morgan fingerprint density at radius 1 is 1.40 bits per heavy atom. The first-order chi connectivity index (χ1) is 6.91. The number of hydrogen-bond acceptors (Lipinski definition) is 4. The van der Waals surface area contributed by atoms with Crippen LogP contribution in [0.1, 0.15) is 12.8 Å². The largest absolute Gasteiger partial charge is 0.481 e. The van der Waals surface area contributed by atoms with E-state index >= 15 is 0 Å². The van der Waals surface area contributed by atoms with Gasteiger partial charge in [0.15, 0.2) is 0 Å². The Morgan fingerprint density at radius 3 is 2.47 bits per heavy atom. The number of carbonyl (C=O) groups is 3. The van der Waals surface area contributed by atoms with Gasteiger partial charge in [0, 0.05) is 6.42 Å². The average molecular weight is 217 g/mol. The van der Waals surface area contributed by atoms with Crippen molar-refractivity contribution in [3.8, 4) is 0 Å². The van der Waals surface area contributed by atoms with Crippen LogP contribution in [0, 0.1) is 0 Å². The molecule has 0 saturated carbocycles. The van der Waals surface area contributed by atoms with Crippen molar-refractivity contribution >= 4 is 17.9 Å². The summed E-state index contributed by atoms with van der Waals surface area (Å²) in [7, 11) is 1.66. The van der Waals surface area contributed by atoms with Crippen molar-refractivity contribution in [3.05, 3.63) is 0 Å². The Balaban J connectivity index is 3.64. The maximum Gasteiger partial charge on any atom is 0.318 e. The van der Waals surface area contributed by atoms with Crippen LogP contribution in [0.3, 0.4) is 0 Å². The van der Waals surface area contributed by atoms with Crippen LogP contribution >= 0.6 is 0 Å². The molecule has 7 nitrogen and oxygen atoms in total. The third-order valence-electron chi connectivity index (χ3n) is 1.61. The van der Waals surface area contributed by atoms with Crippen molar-refractivity contribution in [1.82, 2.24) is 10.2 Å². The van der Waals surface area contributed by atoms with Crippen LogP contribution in [0.2, 0.25) is 0 Å². The maximum absolute atomic E-state index is 11.0. The molecule has 0 rings (SSSR count). The molecule has 86 valence electrons. The van der Waals surface area contributed by atoms with E-state index in [1.165, 1.54) is 0 Å². The quantitative estimate of drug-likeness (QED) is 0.527. The Labute approximate surface area is 87.2 Å². The highest BCUT2D eigenvalue weighted by molar-refractivity contribution is 5.94. The highest BCUT2D eigenvalue weighted by Gasteiger charge is 2.08. The van der Waals surface area contributed by atoms with Crippen LogP contribution in [0.15, 0.2) is 0 Å². The minimum absolute atomic E-state index is 0.0164. The monoisotopic (exact) mass is 217 g/mol. The summed E-state index contributed by atoms with van der Waals surface area (Å²) in [5.74, 6) is -1.37. The fourth-order valence-corrected chi connectivity index (χ4v) is 1.00. The molecule has 0 bridgehead atoms. The number of carbonyl (C=O) groups excluding carboxylic acids is 2. The molecule has 0 aliphatic carbocycles. The van der Waals surface area contributed by atoms with Crippen molar-refractivity contribution in [1.29, 1.82) is 0 Å². The van der Waals surface area contributed by atoms with E-state index in [0.717, 1.165) is 0 Å². The fraction of sp³-hybridized carbons (Fsp3) is 0.625. The van der Waals surface area contributed by atoms with Crippen LogP contribution in [0.5, 0.6) is 0 Å². The molecule has 3 amide bonds. The molecule has 0 saturated heterocycles. The van der Waals surface area contributed by atoms with Gasteiger partial charge in [-0.25, -0.2) is 4.79 Å². The first-order valence-electron chi connectivity index (χ1n) is 4.41. The number of nitrogens with one attached hydrogen (secondary N) is 1. The number of carboxylic acid groups (broad SMARTS) is 1. The van der Waals surface area contributed by atoms with Gasteiger partial charge in [0.25, 0.3) is 0 Å². The van der Waals surface area contributed by atoms with Crippen molar-refractivity contribution in [2.45, 2.75) is 12.8 Å². The third kappa shape index (κ3) is 8.69. The lowest BCUT2D eigenvalue weighted by Crippen LogP contribution is -2.41. The Morgan fingerprint density at radius 2 is 2.00 bits per heavy atom. The van der Waals surface area contributed by atoms with Gasteiger partial charge < -0.3 is 10.8 Å². The maximum atomic E-state index is 11.0. The Hall–Kier alpha value is -1.63. The first kappa shape index (κ1) is 13.4. The van der Waals surface area contributed by atoms with Crippen molar-refractivity contribution < 1.29 is 19.5 Å². The predicted molar refractivity (Wildman–Crippen MR) is 52.1 cm³/mol. The molecule has 0 unspecified atom stereocenters. The van der Waals surface area contributed by atoms with Crippen LogP contribution in [0.25, 0.3) is 0 Å². The number of imide groups is 1. The molecule has 15 heavy (non-hydrogen) atoms. The average Bonchev–Trinajstić information content (AvgIpc) is 2.00. The zero-order valence-electron chi connectivity index (χ0n) is 8.52. The van der Waals surface area contributed by atoms with Crippen molar-refractivity contribution in [2.75, 3.05) is 20.1 Å². The van der Waals surface area contributed by atoms with Gasteiger partial charge in [-0.3, -0.25) is 19.8 Å². The summed E-state index contributed by atoms with van der Waals surface area (Å²) in [4.78, 5) is 33.1. The zero-order valence-corrected chi connectivity index (χ0v) is 8.52. The molecular weight excluding hydrogens is 202 g/mol. The molecule has 0 spiro atoms. The molecule has 4 N–H and O–H groups in total. The topological polar surface area (TPSA) is 113 Å². The lowest BCUT2D eigenvalue weighted by molar-refractivity contribution is -0.137. The fourth-order valence-electron chi connectivity index (χ4n) is 1.00. The van der Waals surface area contributed by atoms with Gasteiger partial charge in [-0.05, 0) is 20.0 Å². The predicted octanol–water partition coefficient (Wildman–Crippen LogP) is -1.02. The van der Waals surface area contributed by atoms with Crippen LogP contribution in [-0.4, -0.2) is 48.1 Å². The summed E-state index contributed by atoms with van der Waals surface area (Å²) < 4.78 is 0. The van der Waals surface area contributed by atoms with E-state index in [9.17, 15) is 14.4 Å². The van der Waals surface area contributed by atoms with Gasteiger partial charge in [-0.1, -0.05) is 0 Å². The molecule has 0 heterocycles. The number of aliphatic carboxylic acids is 1. The minimum Gasteiger partial charge on any atom is -0.481 e. The highest BCUT2D eigenvalue weighted by atomic mass is 16.4. The van der Waals surface area contributed by atoms with E-state index in [1.807, 2.05) is 5.32 Å². The second-order valence-electron chi connectivity index (χ2n) is 3.15. The van der Waals surface area contributed by atoms with Gasteiger partial charge in [-0.15, -0.1) is 0 Å².